The van der Waals surface area contributed by atoms with E-state index in [4.69, 9.17) is 19.9 Å². The molecule has 0 bridgehead atoms. The Morgan fingerprint density at radius 2 is 1.95 bits per heavy atom. The van der Waals surface area contributed by atoms with Gasteiger partial charge in [0.2, 0.25) is 5.91 Å². The van der Waals surface area contributed by atoms with E-state index in [1.807, 2.05) is 24.3 Å². The lowest BCUT2D eigenvalue weighted by Crippen LogP contribution is -2.25. The van der Waals surface area contributed by atoms with Crippen molar-refractivity contribution in [2.24, 2.45) is 5.73 Å². The fourth-order valence-electron chi connectivity index (χ4n) is 2.20. The quantitative estimate of drug-likeness (QED) is 0.761. The molecule has 0 radical (unpaired) electrons. The summed E-state index contributed by atoms with van der Waals surface area (Å²) < 4.78 is 16.3. The predicted molar refractivity (Wildman–Crippen MR) is 84.0 cm³/mol. The molecule has 1 heterocycles. The van der Waals surface area contributed by atoms with Crippen molar-refractivity contribution < 1.29 is 19.0 Å². The van der Waals surface area contributed by atoms with Gasteiger partial charge in [-0.25, -0.2) is 0 Å². The van der Waals surface area contributed by atoms with E-state index in [-0.39, 0.29) is 12.0 Å². The van der Waals surface area contributed by atoms with Gasteiger partial charge in [0.15, 0.2) is 0 Å². The number of hydrogen-bond acceptors (Lipinski definition) is 5. The van der Waals surface area contributed by atoms with Crippen molar-refractivity contribution >= 4 is 11.6 Å². The van der Waals surface area contributed by atoms with Crippen molar-refractivity contribution in [2.75, 3.05) is 38.3 Å². The molecule has 6 nitrogen and oxygen atoms in total. The molecule has 1 aromatic carbocycles. The number of carbonyl (C=O) groups excluding carboxylic acids is 1. The average molecular weight is 308 g/mol. The van der Waals surface area contributed by atoms with Crippen molar-refractivity contribution in [3.8, 4) is 5.75 Å². The second-order valence-corrected chi connectivity index (χ2v) is 5.14. The summed E-state index contributed by atoms with van der Waals surface area (Å²) in [7, 11) is 0. The van der Waals surface area contributed by atoms with Crippen LogP contribution in [0.5, 0.6) is 5.75 Å². The minimum atomic E-state index is -0.0531. The first-order valence-corrected chi connectivity index (χ1v) is 7.70. The maximum absolute atomic E-state index is 11.8. The fraction of sp³-hybridized carbons (Fsp3) is 0.562. The van der Waals surface area contributed by atoms with E-state index in [1.54, 1.807) is 0 Å². The van der Waals surface area contributed by atoms with Crippen molar-refractivity contribution in [1.29, 1.82) is 0 Å². The highest BCUT2D eigenvalue weighted by molar-refractivity contribution is 5.90. The lowest BCUT2D eigenvalue weighted by Gasteiger charge is -2.22. The zero-order valence-corrected chi connectivity index (χ0v) is 12.8. The lowest BCUT2D eigenvalue weighted by atomic mass is 10.1. The fourth-order valence-corrected chi connectivity index (χ4v) is 2.20. The van der Waals surface area contributed by atoms with Gasteiger partial charge in [0.1, 0.15) is 12.4 Å². The highest BCUT2D eigenvalue weighted by Crippen LogP contribution is 2.16. The standard InChI is InChI=1S/C16H24N2O4/c17-8-12-22-14-3-1-13(2-4-14)18-16(19)7-11-21-15-5-9-20-10-6-15/h1-4,15H,5-12,17H2,(H,18,19). The Hall–Kier alpha value is -1.63. The third kappa shape index (κ3) is 6.01. The Morgan fingerprint density at radius 1 is 1.23 bits per heavy atom. The van der Waals surface area contributed by atoms with Gasteiger partial charge in [-0.2, -0.15) is 0 Å². The molecular weight excluding hydrogens is 284 g/mol. The summed E-state index contributed by atoms with van der Waals surface area (Å²) in [6.45, 7) is 2.89. The van der Waals surface area contributed by atoms with Gasteiger partial charge in [-0.05, 0) is 37.1 Å². The summed E-state index contributed by atoms with van der Waals surface area (Å²) >= 11 is 0. The van der Waals surface area contributed by atoms with Crippen LogP contribution in [0.1, 0.15) is 19.3 Å². The van der Waals surface area contributed by atoms with Crippen LogP contribution in [-0.4, -0.2) is 45.0 Å². The van der Waals surface area contributed by atoms with Crippen LogP contribution < -0.4 is 15.8 Å². The van der Waals surface area contributed by atoms with Crippen LogP contribution >= 0.6 is 0 Å². The molecular formula is C16H24N2O4. The average Bonchev–Trinajstić information content (AvgIpc) is 2.55. The smallest absolute Gasteiger partial charge is 0.226 e. The van der Waals surface area contributed by atoms with Crippen molar-refractivity contribution in [2.45, 2.75) is 25.4 Å². The second kappa shape index (κ2) is 9.40. The molecule has 0 atom stereocenters. The van der Waals surface area contributed by atoms with Crippen molar-refractivity contribution in [3.05, 3.63) is 24.3 Å². The summed E-state index contributed by atoms with van der Waals surface area (Å²) in [5, 5.41) is 2.84. The highest BCUT2D eigenvalue weighted by Gasteiger charge is 2.14. The van der Waals surface area contributed by atoms with E-state index in [9.17, 15) is 4.79 Å². The maximum Gasteiger partial charge on any atom is 0.226 e. The van der Waals surface area contributed by atoms with Crippen LogP contribution in [0.25, 0.3) is 0 Å². The van der Waals surface area contributed by atoms with Crippen LogP contribution in [0.4, 0.5) is 5.69 Å². The molecule has 2 rings (SSSR count). The van der Waals surface area contributed by atoms with Gasteiger partial charge < -0.3 is 25.3 Å². The third-order valence-electron chi connectivity index (χ3n) is 3.38. The van der Waals surface area contributed by atoms with Crippen LogP contribution in [0.3, 0.4) is 0 Å². The van der Waals surface area contributed by atoms with Gasteiger partial charge in [0.05, 0.1) is 19.1 Å². The molecule has 1 fully saturated rings. The zero-order valence-electron chi connectivity index (χ0n) is 12.8. The Kier molecular flexibility index (Phi) is 7.15. The Labute approximate surface area is 130 Å². The molecule has 1 amide bonds. The predicted octanol–water partition coefficient (Wildman–Crippen LogP) is 1.55. The molecule has 1 aliphatic heterocycles. The summed E-state index contributed by atoms with van der Waals surface area (Å²) in [6.07, 6.45) is 2.39. The summed E-state index contributed by atoms with van der Waals surface area (Å²) in [5.74, 6) is 0.689. The molecule has 1 saturated heterocycles. The van der Waals surface area contributed by atoms with Crippen LogP contribution in [0, 0.1) is 0 Å². The van der Waals surface area contributed by atoms with E-state index in [1.165, 1.54) is 0 Å². The number of nitrogens with one attached hydrogen (secondary N) is 1. The molecule has 0 aliphatic carbocycles. The number of ether oxygens (including phenoxy) is 3. The first kappa shape index (κ1) is 16.7. The number of rotatable bonds is 8. The SMILES string of the molecule is NCCOc1ccc(NC(=O)CCOC2CCOCC2)cc1. The maximum atomic E-state index is 11.8. The largest absolute Gasteiger partial charge is 0.492 e. The van der Waals surface area contributed by atoms with Crippen LogP contribution in [0.15, 0.2) is 24.3 Å². The topological polar surface area (TPSA) is 82.8 Å². The first-order chi connectivity index (χ1) is 10.8. The number of nitrogens with two attached hydrogens (primary N) is 1. The number of hydrogen-bond donors (Lipinski definition) is 2. The summed E-state index contributed by atoms with van der Waals surface area (Å²) in [4.78, 5) is 11.8. The highest BCUT2D eigenvalue weighted by atomic mass is 16.5. The van der Waals surface area contributed by atoms with E-state index in [0.717, 1.165) is 37.5 Å². The number of anilines is 1. The lowest BCUT2D eigenvalue weighted by molar-refractivity contribution is -0.118. The minimum absolute atomic E-state index is 0.0531. The van der Waals surface area contributed by atoms with Crippen molar-refractivity contribution in [3.63, 3.8) is 0 Å². The molecule has 0 unspecified atom stereocenters. The minimum Gasteiger partial charge on any atom is -0.492 e. The van der Waals surface area contributed by atoms with Gasteiger partial charge in [0, 0.05) is 25.4 Å². The molecule has 6 heteroatoms. The Morgan fingerprint density at radius 3 is 2.64 bits per heavy atom. The molecule has 0 saturated carbocycles. The number of amides is 1. The monoisotopic (exact) mass is 308 g/mol. The Balaban J connectivity index is 1.65. The number of carbonyl (C=O) groups is 1. The summed E-state index contributed by atoms with van der Waals surface area (Å²) in [5.41, 5.74) is 6.12. The molecule has 1 aliphatic rings. The van der Waals surface area contributed by atoms with Crippen LogP contribution in [0.2, 0.25) is 0 Å². The van der Waals surface area contributed by atoms with Gasteiger partial charge in [-0.3, -0.25) is 4.79 Å². The molecule has 0 spiro atoms. The molecule has 22 heavy (non-hydrogen) atoms. The number of benzene rings is 1. The normalized spacial score (nSPS) is 15.5. The van der Waals surface area contributed by atoms with Gasteiger partial charge in [-0.15, -0.1) is 0 Å². The second-order valence-electron chi connectivity index (χ2n) is 5.14. The summed E-state index contributed by atoms with van der Waals surface area (Å²) in [6, 6.07) is 7.24. The first-order valence-electron chi connectivity index (χ1n) is 7.70. The van der Waals surface area contributed by atoms with Crippen molar-refractivity contribution in [1.82, 2.24) is 0 Å². The Bertz CT molecular complexity index is 444. The van der Waals surface area contributed by atoms with E-state index >= 15 is 0 Å². The molecule has 3 N–H and O–H groups in total. The zero-order chi connectivity index (χ0) is 15.6. The third-order valence-corrected chi connectivity index (χ3v) is 3.38. The molecule has 0 aromatic heterocycles. The molecule has 1 aromatic rings. The van der Waals surface area contributed by atoms with E-state index < -0.39 is 0 Å². The van der Waals surface area contributed by atoms with E-state index in [0.29, 0.717) is 26.2 Å². The van der Waals surface area contributed by atoms with Crippen LogP contribution in [-0.2, 0) is 14.3 Å². The van der Waals surface area contributed by atoms with E-state index in [2.05, 4.69) is 5.32 Å². The molecule has 122 valence electrons. The van der Waals surface area contributed by atoms with Gasteiger partial charge in [0.25, 0.3) is 0 Å². The van der Waals surface area contributed by atoms with Gasteiger partial charge in [-0.1, -0.05) is 0 Å². The van der Waals surface area contributed by atoms with Gasteiger partial charge >= 0.3 is 0 Å².